The molecule has 16 heavy (non-hydrogen) atoms. The van der Waals surface area contributed by atoms with Crippen molar-refractivity contribution in [3.63, 3.8) is 0 Å². The van der Waals surface area contributed by atoms with Gasteiger partial charge in [0, 0.05) is 13.1 Å². The van der Waals surface area contributed by atoms with Crippen LogP contribution in [0.1, 0.15) is 20.3 Å². The van der Waals surface area contributed by atoms with Crippen molar-refractivity contribution in [2.45, 2.75) is 38.5 Å². The molecule has 2 heterocycles. The minimum atomic E-state index is -0.324. The first-order valence-corrected chi connectivity index (χ1v) is 5.94. The molecule has 2 fully saturated rings. The van der Waals surface area contributed by atoms with Gasteiger partial charge in [0.1, 0.15) is 0 Å². The molecule has 0 spiro atoms. The van der Waals surface area contributed by atoms with Crippen LogP contribution >= 0.6 is 0 Å². The van der Waals surface area contributed by atoms with E-state index >= 15 is 0 Å². The van der Waals surface area contributed by atoms with Gasteiger partial charge in [-0.15, -0.1) is 0 Å². The molecule has 0 aliphatic carbocycles. The Balaban J connectivity index is 1.75. The fourth-order valence-electron chi connectivity index (χ4n) is 2.13. The van der Waals surface area contributed by atoms with Crippen molar-refractivity contribution in [1.29, 1.82) is 0 Å². The molecular formula is C11H20N2O3. The first-order chi connectivity index (χ1) is 7.65. The molecule has 0 saturated carbocycles. The number of rotatable bonds is 3. The maximum Gasteiger partial charge on any atom is 0.407 e. The topological polar surface area (TPSA) is 59.6 Å². The molecule has 2 aliphatic heterocycles. The monoisotopic (exact) mass is 228 g/mol. The molecule has 3 unspecified atom stereocenters. The van der Waals surface area contributed by atoms with Gasteiger partial charge in [0.05, 0.1) is 24.9 Å². The minimum absolute atomic E-state index is 0.0969. The van der Waals surface area contributed by atoms with Crippen LogP contribution in [0.3, 0.4) is 0 Å². The maximum atomic E-state index is 11.5. The second kappa shape index (κ2) is 5.01. The third-order valence-corrected chi connectivity index (χ3v) is 2.90. The number of carbonyl (C=O) groups excluding carboxylic acids is 1. The highest BCUT2D eigenvalue weighted by Gasteiger charge is 2.38. The highest BCUT2D eigenvalue weighted by molar-refractivity contribution is 5.67. The Kier molecular flexibility index (Phi) is 3.66. The van der Waals surface area contributed by atoms with Gasteiger partial charge in [-0.05, 0) is 12.3 Å². The summed E-state index contributed by atoms with van der Waals surface area (Å²) < 4.78 is 10.8. The summed E-state index contributed by atoms with van der Waals surface area (Å²) in [5.41, 5.74) is 0. The molecule has 0 radical (unpaired) electrons. The fraction of sp³-hybridized carbons (Fsp3) is 0.909. The molecule has 0 aromatic carbocycles. The van der Waals surface area contributed by atoms with Gasteiger partial charge in [0.15, 0.2) is 0 Å². The number of fused-ring (bicyclic) bond motifs is 2. The van der Waals surface area contributed by atoms with E-state index in [1.54, 1.807) is 0 Å². The van der Waals surface area contributed by atoms with E-state index in [-0.39, 0.29) is 24.3 Å². The van der Waals surface area contributed by atoms with Crippen LogP contribution in [-0.2, 0) is 9.47 Å². The van der Waals surface area contributed by atoms with Crippen molar-refractivity contribution >= 4 is 6.09 Å². The zero-order chi connectivity index (χ0) is 11.5. The zero-order valence-electron chi connectivity index (χ0n) is 9.86. The lowest BCUT2D eigenvalue weighted by atomic mass is 10.1. The smallest absolute Gasteiger partial charge is 0.407 e. The lowest BCUT2D eigenvalue weighted by molar-refractivity contribution is 0.0123. The third-order valence-electron chi connectivity index (χ3n) is 2.90. The Morgan fingerprint density at radius 2 is 2.38 bits per heavy atom. The lowest BCUT2D eigenvalue weighted by Crippen LogP contribution is -2.46. The molecule has 0 aromatic rings. The minimum Gasteiger partial charge on any atom is -0.449 e. The van der Waals surface area contributed by atoms with Gasteiger partial charge >= 0.3 is 6.09 Å². The summed E-state index contributed by atoms with van der Waals surface area (Å²) in [7, 11) is 0. The third kappa shape index (κ3) is 2.86. The fourth-order valence-corrected chi connectivity index (χ4v) is 2.13. The molecule has 2 rings (SSSR count). The Morgan fingerprint density at radius 1 is 1.56 bits per heavy atom. The van der Waals surface area contributed by atoms with Gasteiger partial charge in [0.2, 0.25) is 0 Å². The van der Waals surface area contributed by atoms with Crippen LogP contribution in [0.15, 0.2) is 0 Å². The number of ether oxygens (including phenoxy) is 2. The molecule has 2 bridgehead atoms. The normalized spacial score (nSPS) is 32.8. The van der Waals surface area contributed by atoms with Crippen molar-refractivity contribution in [3.05, 3.63) is 0 Å². The van der Waals surface area contributed by atoms with Crippen LogP contribution in [-0.4, -0.2) is 44.0 Å². The van der Waals surface area contributed by atoms with E-state index in [2.05, 4.69) is 10.6 Å². The van der Waals surface area contributed by atoms with Crippen LogP contribution in [0, 0.1) is 5.92 Å². The number of carbonyl (C=O) groups is 1. The van der Waals surface area contributed by atoms with Crippen molar-refractivity contribution in [2.75, 3.05) is 19.7 Å². The van der Waals surface area contributed by atoms with Crippen LogP contribution in [0.4, 0.5) is 4.79 Å². The molecule has 92 valence electrons. The summed E-state index contributed by atoms with van der Waals surface area (Å²) in [6.45, 7) is 6.19. The lowest BCUT2D eigenvalue weighted by Gasteiger charge is -2.23. The quantitative estimate of drug-likeness (QED) is 0.738. The van der Waals surface area contributed by atoms with Gasteiger partial charge in [-0.1, -0.05) is 13.8 Å². The molecular weight excluding hydrogens is 208 g/mol. The van der Waals surface area contributed by atoms with Crippen LogP contribution in [0.5, 0.6) is 0 Å². The standard InChI is InChI=1S/C11H20N2O3/c1-7(2)6-15-11(14)13-9-3-8-4-12-5-10(9)16-8/h7-10,12H,3-6H2,1-2H3,(H,13,14). The Hall–Kier alpha value is -0.810. The summed E-state index contributed by atoms with van der Waals surface area (Å²) in [6.07, 6.45) is 0.906. The average Bonchev–Trinajstić information content (AvgIpc) is 2.51. The Bertz CT molecular complexity index is 258. The Morgan fingerprint density at radius 3 is 3.06 bits per heavy atom. The van der Waals surface area contributed by atoms with Gasteiger partial charge < -0.3 is 20.1 Å². The van der Waals surface area contributed by atoms with E-state index in [4.69, 9.17) is 9.47 Å². The zero-order valence-corrected chi connectivity index (χ0v) is 9.86. The van der Waals surface area contributed by atoms with E-state index in [1.165, 1.54) is 0 Å². The summed E-state index contributed by atoms with van der Waals surface area (Å²) in [5, 5.41) is 6.16. The van der Waals surface area contributed by atoms with Gasteiger partial charge in [-0.3, -0.25) is 0 Å². The number of nitrogens with one attached hydrogen (secondary N) is 2. The van der Waals surface area contributed by atoms with E-state index in [1.807, 2.05) is 13.8 Å². The predicted octanol–water partition coefficient (Wildman–Crippen LogP) is 0.498. The van der Waals surface area contributed by atoms with Gasteiger partial charge in [0.25, 0.3) is 0 Å². The molecule has 5 nitrogen and oxygen atoms in total. The molecule has 1 amide bonds. The summed E-state index contributed by atoms with van der Waals surface area (Å²) >= 11 is 0. The van der Waals surface area contributed by atoms with Crippen LogP contribution in [0.2, 0.25) is 0 Å². The highest BCUT2D eigenvalue weighted by Crippen LogP contribution is 2.22. The summed E-state index contributed by atoms with van der Waals surface area (Å²) in [6, 6.07) is 0.0969. The molecule has 3 atom stereocenters. The number of alkyl carbamates (subject to hydrolysis) is 1. The largest absolute Gasteiger partial charge is 0.449 e. The van der Waals surface area contributed by atoms with E-state index < -0.39 is 0 Å². The second-order valence-corrected chi connectivity index (χ2v) is 4.93. The van der Waals surface area contributed by atoms with E-state index in [0.29, 0.717) is 12.5 Å². The first-order valence-electron chi connectivity index (χ1n) is 5.94. The number of morpholine rings is 1. The molecule has 0 aromatic heterocycles. The molecule has 2 saturated heterocycles. The van der Waals surface area contributed by atoms with E-state index in [9.17, 15) is 4.79 Å². The van der Waals surface area contributed by atoms with Crippen LogP contribution < -0.4 is 10.6 Å². The highest BCUT2D eigenvalue weighted by atomic mass is 16.6. The SMILES string of the molecule is CC(C)COC(=O)NC1CC2CNCC1O2. The average molecular weight is 228 g/mol. The van der Waals surface area contributed by atoms with Crippen molar-refractivity contribution in [2.24, 2.45) is 5.92 Å². The molecule has 5 heteroatoms. The first kappa shape index (κ1) is 11.7. The number of hydrogen-bond donors (Lipinski definition) is 2. The summed E-state index contributed by atoms with van der Waals surface area (Å²) in [4.78, 5) is 11.5. The maximum absolute atomic E-state index is 11.5. The summed E-state index contributed by atoms with van der Waals surface area (Å²) in [5.74, 6) is 0.367. The second-order valence-electron chi connectivity index (χ2n) is 4.93. The number of amides is 1. The Labute approximate surface area is 95.9 Å². The molecule has 2 aliphatic rings. The number of hydrogen-bond acceptors (Lipinski definition) is 4. The van der Waals surface area contributed by atoms with Crippen molar-refractivity contribution in [1.82, 2.24) is 10.6 Å². The van der Waals surface area contributed by atoms with Crippen molar-refractivity contribution in [3.8, 4) is 0 Å². The predicted molar refractivity (Wildman–Crippen MR) is 59.3 cm³/mol. The van der Waals surface area contributed by atoms with Crippen molar-refractivity contribution < 1.29 is 14.3 Å². The van der Waals surface area contributed by atoms with Gasteiger partial charge in [-0.25, -0.2) is 4.79 Å². The van der Waals surface area contributed by atoms with Gasteiger partial charge in [-0.2, -0.15) is 0 Å². The van der Waals surface area contributed by atoms with Crippen LogP contribution in [0.25, 0.3) is 0 Å². The molecule has 2 N–H and O–H groups in total. The van der Waals surface area contributed by atoms with E-state index in [0.717, 1.165) is 19.5 Å².